The van der Waals surface area contributed by atoms with Crippen LogP contribution in [-0.2, 0) is 22.6 Å². The summed E-state index contributed by atoms with van der Waals surface area (Å²) in [5, 5.41) is 3.00. The molecule has 0 spiro atoms. The zero-order valence-corrected chi connectivity index (χ0v) is 14.2. The zero-order valence-electron chi connectivity index (χ0n) is 14.2. The van der Waals surface area contributed by atoms with E-state index in [2.05, 4.69) is 15.2 Å². The van der Waals surface area contributed by atoms with Crippen LogP contribution in [0.3, 0.4) is 0 Å². The van der Waals surface area contributed by atoms with E-state index in [9.17, 15) is 4.79 Å². The van der Waals surface area contributed by atoms with Gasteiger partial charge in [0.15, 0.2) is 0 Å². The highest BCUT2D eigenvalue weighted by Crippen LogP contribution is 2.44. The average Bonchev–Trinajstić information content (AvgIpc) is 3.31. The van der Waals surface area contributed by atoms with E-state index in [4.69, 9.17) is 9.15 Å². The molecule has 6 heteroatoms. The molecular formula is C19H23N3O3. The second-order valence-electron chi connectivity index (χ2n) is 7.15. The first-order chi connectivity index (χ1) is 12.2. The number of carbonyl (C=O) groups is 1. The molecule has 25 heavy (non-hydrogen) atoms. The van der Waals surface area contributed by atoms with Crippen LogP contribution in [0.1, 0.15) is 17.7 Å². The van der Waals surface area contributed by atoms with Crippen LogP contribution in [0, 0.1) is 11.3 Å². The van der Waals surface area contributed by atoms with Crippen molar-refractivity contribution in [1.82, 2.24) is 15.2 Å². The average molecular weight is 341 g/mol. The van der Waals surface area contributed by atoms with Crippen LogP contribution in [0.15, 0.2) is 47.4 Å². The van der Waals surface area contributed by atoms with E-state index in [0.717, 1.165) is 31.9 Å². The Labute approximate surface area is 147 Å². The Morgan fingerprint density at radius 1 is 1.40 bits per heavy atom. The van der Waals surface area contributed by atoms with E-state index in [0.29, 0.717) is 25.5 Å². The first kappa shape index (κ1) is 16.3. The molecule has 4 rings (SSSR count). The fourth-order valence-corrected chi connectivity index (χ4v) is 4.03. The number of fused-ring (bicyclic) bond motifs is 1. The number of pyridine rings is 1. The van der Waals surface area contributed by atoms with Gasteiger partial charge in [-0.3, -0.25) is 14.7 Å². The number of furan rings is 1. The van der Waals surface area contributed by atoms with E-state index in [-0.39, 0.29) is 11.3 Å². The molecule has 132 valence electrons. The van der Waals surface area contributed by atoms with Gasteiger partial charge in [-0.2, -0.15) is 0 Å². The number of ether oxygens (including phenoxy) is 1. The minimum Gasteiger partial charge on any atom is -0.472 e. The number of hydrogen-bond donors (Lipinski definition) is 1. The number of hydrogen-bond acceptors (Lipinski definition) is 5. The summed E-state index contributed by atoms with van der Waals surface area (Å²) in [5.41, 5.74) is 1.98. The van der Waals surface area contributed by atoms with Gasteiger partial charge in [-0.1, -0.05) is 6.07 Å². The maximum absolute atomic E-state index is 12.5. The number of aromatic nitrogens is 1. The summed E-state index contributed by atoms with van der Waals surface area (Å²) >= 11 is 0. The summed E-state index contributed by atoms with van der Waals surface area (Å²) in [7, 11) is 0. The molecule has 0 unspecified atom stereocenters. The lowest BCUT2D eigenvalue weighted by Crippen LogP contribution is -2.37. The van der Waals surface area contributed by atoms with Crippen LogP contribution >= 0.6 is 0 Å². The predicted octanol–water partition coefficient (Wildman–Crippen LogP) is 1.83. The highest BCUT2D eigenvalue weighted by Gasteiger charge is 2.51. The molecule has 2 fully saturated rings. The molecule has 2 aliphatic rings. The number of likely N-dealkylation sites (tertiary alicyclic amines) is 1. The molecule has 1 amide bonds. The smallest absolute Gasteiger partial charge is 0.221 e. The quantitative estimate of drug-likeness (QED) is 0.868. The fraction of sp³-hybridized carbons (Fsp3) is 0.474. The van der Waals surface area contributed by atoms with Gasteiger partial charge in [0.1, 0.15) is 0 Å². The lowest BCUT2D eigenvalue weighted by molar-refractivity contribution is -0.123. The van der Waals surface area contributed by atoms with E-state index in [1.54, 1.807) is 18.7 Å². The normalized spacial score (nSPS) is 25.8. The maximum atomic E-state index is 12.5. The fourth-order valence-electron chi connectivity index (χ4n) is 4.03. The van der Waals surface area contributed by atoms with Crippen LogP contribution in [0.4, 0.5) is 0 Å². The minimum atomic E-state index is -0.0715. The van der Waals surface area contributed by atoms with Crippen molar-refractivity contribution in [3.8, 4) is 0 Å². The van der Waals surface area contributed by atoms with Crippen LogP contribution < -0.4 is 5.32 Å². The maximum Gasteiger partial charge on any atom is 0.221 e. The topological polar surface area (TPSA) is 67.6 Å². The highest BCUT2D eigenvalue weighted by molar-refractivity contribution is 5.76. The molecule has 1 N–H and O–H groups in total. The van der Waals surface area contributed by atoms with Crippen LogP contribution in [0.25, 0.3) is 0 Å². The Morgan fingerprint density at radius 2 is 2.36 bits per heavy atom. The Kier molecular flexibility index (Phi) is 4.55. The SMILES string of the molecule is O=C(C[C@@]12COC[C@@H]1CN(Cc1ccoc1)C2)NCc1ccccn1. The molecule has 0 bridgehead atoms. The first-order valence-corrected chi connectivity index (χ1v) is 8.71. The van der Waals surface area contributed by atoms with Crippen molar-refractivity contribution in [3.05, 3.63) is 54.2 Å². The van der Waals surface area contributed by atoms with Gasteiger partial charge in [0.2, 0.25) is 5.91 Å². The molecule has 2 aromatic rings. The second kappa shape index (κ2) is 6.98. The molecule has 4 heterocycles. The van der Waals surface area contributed by atoms with Gasteiger partial charge < -0.3 is 14.5 Å². The standard InChI is InChI=1S/C19H23N3O3/c23-18(21-8-17-3-1-2-5-20-17)7-19-13-22(9-15-4-6-24-11-15)10-16(19)12-25-14-19/h1-6,11,16H,7-10,12-14H2,(H,21,23)/t16-,19+/m0/s1. The van der Waals surface area contributed by atoms with E-state index < -0.39 is 0 Å². The largest absolute Gasteiger partial charge is 0.472 e. The lowest BCUT2D eigenvalue weighted by Gasteiger charge is -2.26. The summed E-state index contributed by atoms with van der Waals surface area (Å²) in [5.74, 6) is 0.492. The number of nitrogens with zero attached hydrogens (tertiary/aromatic N) is 2. The van der Waals surface area contributed by atoms with Crippen molar-refractivity contribution in [2.75, 3.05) is 26.3 Å². The van der Waals surface area contributed by atoms with Crippen molar-refractivity contribution in [2.45, 2.75) is 19.5 Å². The molecule has 0 aromatic carbocycles. The van der Waals surface area contributed by atoms with Gasteiger partial charge in [-0.15, -0.1) is 0 Å². The summed E-state index contributed by atoms with van der Waals surface area (Å²) in [6.07, 6.45) is 5.74. The van der Waals surface area contributed by atoms with Crippen molar-refractivity contribution < 1.29 is 13.9 Å². The molecule has 6 nitrogen and oxygen atoms in total. The summed E-state index contributed by atoms with van der Waals surface area (Å²) in [6, 6.07) is 7.72. The molecule has 0 aliphatic carbocycles. The predicted molar refractivity (Wildman–Crippen MR) is 91.4 cm³/mol. The first-order valence-electron chi connectivity index (χ1n) is 8.71. The third-order valence-electron chi connectivity index (χ3n) is 5.28. The summed E-state index contributed by atoms with van der Waals surface area (Å²) < 4.78 is 10.9. The third-order valence-corrected chi connectivity index (χ3v) is 5.28. The van der Waals surface area contributed by atoms with E-state index in [1.807, 2.05) is 24.3 Å². The van der Waals surface area contributed by atoms with Gasteiger partial charge >= 0.3 is 0 Å². The van der Waals surface area contributed by atoms with Crippen LogP contribution in [-0.4, -0.2) is 42.1 Å². The molecule has 2 aromatic heterocycles. The van der Waals surface area contributed by atoms with Gasteiger partial charge in [0.05, 0.1) is 38.0 Å². The zero-order chi connectivity index (χ0) is 17.1. The molecule has 0 radical (unpaired) electrons. The van der Waals surface area contributed by atoms with E-state index >= 15 is 0 Å². The van der Waals surface area contributed by atoms with Crippen LogP contribution in [0.5, 0.6) is 0 Å². The lowest BCUT2D eigenvalue weighted by atomic mass is 9.78. The Balaban J connectivity index is 1.35. The Morgan fingerprint density at radius 3 is 3.16 bits per heavy atom. The second-order valence-corrected chi connectivity index (χ2v) is 7.15. The van der Waals surface area contributed by atoms with Crippen molar-refractivity contribution >= 4 is 5.91 Å². The summed E-state index contributed by atoms with van der Waals surface area (Å²) in [4.78, 5) is 19.2. The monoisotopic (exact) mass is 341 g/mol. The highest BCUT2D eigenvalue weighted by atomic mass is 16.5. The summed E-state index contributed by atoms with van der Waals surface area (Å²) in [6.45, 7) is 4.61. The van der Waals surface area contributed by atoms with Gasteiger partial charge in [0.25, 0.3) is 0 Å². The molecule has 2 aliphatic heterocycles. The van der Waals surface area contributed by atoms with Gasteiger partial charge in [0, 0.05) is 49.1 Å². The number of rotatable bonds is 6. The number of amides is 1. The number of carbonyl (C=O) groups excluding carboxylic acids is 1. The van der Waals surface area contributed by atoms with Crippen molar-refractivity contribution in [3.63, 3.8) is 0 Å². The molecule has 2 atom stereocenters. The molecular weight excluding hydrogens is 318 g/mol. The molecule has 0 saturated carbocycles. The molecule has 2 saturated heterocycles. The third kappa shape index (κ3) is 3.60. The van der Waals surface area contributed by atoms with Gasteiger partial charge in [-0.25, -0.2) is 0 Å². The minimum absolute atomic E-state index is 0.0715. The van der Waals surface area contributed by atoms with Crippen molar-refractivity contribution in [1.29, 1.82) is 0 Å². The van der Waals surface area contributed by atoms with Gasteiger partial charge in [-0.05, 0) is 18.2 Å². The Bertz CT molecular complexity index is 704. The van der Waals surface area contributed by atoms with Crippen molar-refractivity contribution in [2.24, 2.45) is 11.3 Å². The number of nitrogens with one attached hydrogen (secondary N) is 1. The van der Waals surface area contributed by atoms with E-state index in [1.165, 1.54) is 5.56 Å². The Hall–Kier alpha value is -2.18. The van der Waals surface area contributed by atoms with Crippen LogP contribution in [0.2, 0.25) is 0 Å².